The zero-order chi connectivity index (χ0) is 98.6. The van der Waals surface area contributed by atoms with Crippen molar-refractivity contribution >= 4 is 0 Å². The first-order valence-corrected chi connectivity index (χ1v) is 53.8. The predicted molar refractivity (Wildman–Crippen MR) is 572 cm³/mol. The van der Waals surface area contributed by atoms with Gasteiger partial charge in [-0.2, -0.15) is 0 Å². The van der Waals surface area contributed by atoms with Crippen LogP contribution in [0.25, 0.3) is 0 Å². The van der Waals surface area contributed by atoms with Gasteiger partial charge in [-0.05, 0) is 329 Å². The summed E-state index contributed by atoms with van der Waals surface area (Å²) >= 11 is 0. The summed E-state index contributed by atoms with van der Waals surface area (Å²) in [5.74, 6) is 10.1. The maximum absolute atomic E-state index is 5.44. The van der Waals surface area contributed by atoms with Crippen molar-refractivity contribution < 1.29 is 28.4 Å². The van der Waals surface area contributed by atoms with Crippen molar-refractivity contribution in [3.8, 4) is 23.0 Å². The zero-order valence-electron chi connectivity index (χ0n) is 92.3. The molecule has 14 heteroatoms. The molecule has 14 nitrogen and oxygen atoms in total. The van der Waals surface area contributed by atoms with Crippen LogP contribution in [0, 0.1) is 41.4 Å². The van der Waals surface area contributed by atoms with Crippen LogP contribution in [-0.4, -0.2) is 172 Å². The van der Waals surface area contributed by atoms with Gasteiger partial charge in [0.05, 0.1) is 13.5 Å². The molecule has 0 atom stereocenters. The monoisotopic (exact) mass is 1820 g/mol. The minimum absolute atomic E-state index is 0.356. The summed E-state index contributed by atoms with van der Waals surface area (Å²) in [6, 6.07) is 43.7. The Morgan fingerprint density at radius 2 is 0.438 bits per heavy atom. The third-order valence-electron chi connectivity index (χ3n) is 26.4. The van der Waals surface area contributed by atoms with Crippen molar-refractivity contribution in [1.29, 1.82) is 0 Å². The summed E-state index contributed by atoms with van der Waals surface area (Å²) < 4.78 is 31.8. The number of fused-ring (bicyclic) bond motifs is 2. The fourth-order valence-corrected chi connectivity index (χ4v) is 18.2. The van der Waals surface area contributed by atoms with Gasteiger partial charge in [-0.15, -0.1) is 0 Å². The molecule has 7 fully saturated rings. The number of methoxy groups -OCH3 is 2. The third kappa shape index (κ3) is 55.8. The molecule has 3 heterocycles. The molecule has 4 aromatic carbocycles. The second-order valence-corrected chi connectivity index (χ2v) is 36.0. The number of aromatic nitrogens is 1. The molecule has 9 aliphatic rings. The summed E-state index contributed by atoms with van der Waals surface area (Å²) in [5, 5.41) is 0. The zero-order valence-corrected chi connectivity index (χ0v) is 92.3. The molecular weight excluding hydrogens is 1600 g/mol. The van der Waals surface area contributed by atoms with E-state index in [9.17, 15) is 0 Å². The second-order valence-electron chi connectivity index (χ2n) is 36.0. The van der Waals surface area contributed by atoms with Crippen molar-refractivity contribution in [1.82, 2.24) is 39.3 Å². The van der Waals surface area contributed by atoms with Crippen LogP contribution in [0.15, 0.2) is 122 Å². The summed E-state index contributed by atoms with van der Waals surface area (Å²) in [6.07, 6.45) is 42.2. The Morgan fingerprint density at radius 1 is 0.238 bits per heavy atom. The first-order chi connectivity index (χ1) is 63.2. The molecule has 756 valence electrons. The van der Waals surface area contributed by atoms with E-state index < -0.39 is 0 Å². The van der Waals surface area contributed by atoms with E-state index >= 15 is 0 Å². The molecule has 0 amide bonds. The third-order valence-corrected chi connectivity index (χ3v) is 26.4. The fourth-order valence-electron chi connectivity index (χ4n) is 18.2. The number of benzene rings is 4. The van der Waals surface area contributed by atoms with Crippen LogP contribution < -0.4 is 18.9 Å². The molecule has 130 heavy (non-hydrogen) atoms. The molecule has 2 aliphatic heterocycles. The number of pyridine rings is 1. The van der Waals surface area contributed by atoms with E-state index in [0.29, 0.717) is 13.6 Å². The molecule has 0 spiro atoms. The second kappa shape index (κ2) is 84.4. The first kappa shape index (κ1) is 129. The molecule has 5 aromatic rings. The number of nitrogens with zero attached hydrogens (tertiary/aromatic N) is 8. The minimum atomic E-state index is 0.356. The van der Waals surface area contributed by atoms with Gasteiger partial charge in [-0.3, -0.25) is 39.3 Å². The lowest BCUT2D eigenvalue weighted by Gasteiger charge is -2.33. The molecule has 7 aliphatic carbocycles. The van der Waals surface area contributed by atoms with E-state index in [1.807, 2.05) is 169 Å². The molecule has 14 rings (SSSR count). The van der Waals surface area contributed by atoms with E-state index in [4.69, 9.17) is 28.4 Å². The summed E-state index contributed by atoms with van der Waals surface area (Å²) in [5.41, 5.74) is 6.81. The largest absolute Gasteiger partial charge is 0.454 e. The predicted octanol–water partition coefficient (Wildman–Crippen LogP) is 31.8. The van der Waals surface area contributed by atoms with E-state index in [2.05, 4.69) is 228 Å². The van der Waals surface area contributed by atoms with Crippen molar-refractivity contribution in [3.05, 3.63) is 149 Å². The topological polar surface area (TPSA) is 91.0 Å². The van der Waals surface area contributed by atoms with Crippen LogP contribution >= 0.6 is 0 Å². The average molecular weight is 1820 g/mol. The van der Waals surface area contributed by atoms with Gasteiger partial charge in [-0.25, -0.2) is 0 Å². The number of hydrogen-bond acceptors (Lipinski definition) is 14. The normalized spacial score (nSPS) is 23.3. The van der Waals surface area contributed by atoms with Crippen molar-refractivity contribution in [3.63, 3.8) is 0 Å². The van der Waals surface area contributed by atoms with Gasteiger partial charge in [-0.1, -0.05) is 266 Å². The molecular formula is C116H216N8O6. The van der Waals surface area contributed by atoms with Gasteiger partial charge < -0.3 is 28.4 Å². The van der Waals surface area contributed by atoms with Crippen LogP contribution in [0.3, 0.4) is 0 Å². The summed E-state index contributed by atoms with van der Waals surface area (Å²) in [6.45, 7) is 64.1. The molecule has 0 radical (unpaired) electrons. The maximum atomic E-state index is 5.44. The highest BCUT2D eigenvalue weighted by Crippen LogP contribution is 2.38. The lowest BCUT2D eigenvalue weighted by atomic mass is 9.86. The Hall–Kier alpha value is -5.13. The smallest absolute Gasteiger partial charge is 0.231 e. The standard InChI is InChI=1S/2C16H23NO2.2C15H23N.C14H22N2.2C10H21NO.10C2H6/c2*1-12-3-6-14(7-4-12)17(2)10-13-5-8-15-16(9-13)19-11-18-15;2*1-13-8-10-15(11-9-13)16(2)12-14-6-4-3-5-7-14;1-12-5-7-14(8-6-12)16(2)11-13-4-3-9-15-10-13;2*1-9-4-6-10(7-5-9)11(2)8-12-3;10*1-2/h2*5,8-9,12,14H,3-4,6-7,10-11H2,1-2H3;2*3-7,13,15H,8-12H2,1-2H3;3-4,9-10,12,14H,5-8,11H2,1-2H3;2*9-10H,4-8H2,1-3H3;10*1-2H3. The van der Waals surface area contributed by atoms with E-state index in [0.717, 1.165) is 153 Å². The summed E-state index contributed by atoms with van der Waals surface area (Å²) in [4.78, 5) is 21.3. The van der Waals surface area contributed by atoms with Crippen molar-refractivity contribution in [2.45, 2.75) is 442 Å². The molecule has 0 bridgehead atoms. The highest BCUT2D eigenvalue weighted by molar-refractivity contribution is 5.45. The van der Waals surface area contributed by atoms with Crippen molar-refractivity contribution in [2.24, 2.45) is 41.4 Å². The number of hydrogen-bond donors (Lipinski definition) is 0. The molecule has 1 aromatic heterocycles. The van der Waals surface area contributed by atoms with Gasteiger partial charge in [0.2, 0.25) is 13.6 Å². The molecule has 0 unspecified atom stereocenters. The lowest BCUT2D eigenvalue weighted by molar-refractivity contribution is 0.0365. The van der Waals surface area contributed by atoms with Crippen LogP contribution in [0.4, 0.5) is 0 Å². The summed E-state index contributed by atoms with van der Waals surface area (Å²) in [7, 11) is 19.1. The van der Waals surface area contributed by atoms with Crippen LogP contribution in [-0.2, 0) is 42.2 Å². The highest BCUT2D eigenvalue weighted by atomic mass is 16.7. The quantitative estimate of drug-likeness (QED) is 0.0653. The van der Waals surface area contributed by atoms with E-state index in [-0.39, 0.29) is 0 Å². The van der Waals surface area contributed by atoms with Gasteiger partial charge in [0.15, 0.2) is 23.0 Å². The van der Waals surface area contributed by atoms with Crippen LogP contribution in [0.5, 0.6) is 23.0 Å². The van der Waals surface area contributed by atoms with Crippen molar-refractivity contribution in [2.75, 3.05) is 90.6 Å². The minimum Gasteiger partial charge on any atom is -0.454 e. The Morgan fingerprint density at radius 3 is 0.654 bits per heavy atom. The van der Waals surface area contributed by atoms with Gasteiger partial charge >= 0.3 is 0 Å². The van der Waals surface area contributed by atoms with E-state index in [1.54, 1.807) is 14.2 Å². The molecule has 0 N–H and O–H groups in total. The highest BCUT2D eigenvalue weighted by Gasteiger charge is 2.29. The lowest BCUT2D eigenvalue weighted by Crippen LogP contribution is -2.35. The first-order valence-electron chi connectivity index (χ1n) is 53.8. The van der Waals surface area contributed by atoms with Gasteiger partial charge in [0.1, 0.15) is 0 Å². The Labute approximate surface area is 809 Å². The Kier molecular flexibility index (Phi) is 83.7. The SMILES string of the molecule is CC.CC.CC.CC.CC.CC.CC.CC.CC.CC.CC1CCC(N(C)Cc2ccc3c(c2)OCO3)CC1.CC1CCC(N(C)Cc2ccc3c(c2)OCO3)CC1.CC1CCC(N(C)Cc2ccccc2)CC1.CC1CCC(N(C)Cc2ccccc2)CC1.CC1CCC(N(C)Cc2cccnc2)CC1.COCN(C)C1CCC(C)CC1.COCN(C)C1CCC(C)CC1. The van der Waals surface area contributed by atoms with Crippen LogP contribution in [0.1, 0.15) is 395 Å². The molecule has 7 saturated carbocycles. The Balaban J connectivity index is -0.00000141. The average Bonchev–Trinajstić information content (AvgIpc) is 1.72. The van der Waals surface area contributed by atoms with Crippen LogP contribution in [0.2, 0.25) is 0 Å². The maximum Gasteiger partial charge on any atom is 0.231 e. The fraction of sp³-hybridized carbons (Fsp3) is 0.750. The van der Waals surface area contributed by atoms with Gasteiger partial charge in [0.25, 0.3) is 0 Å². The number of rotatable bonds is 21. The van der Waals surface area contributed by atoms with E-state index in [1.165, 1.54) is 208 Å². The Bertz CT molecular complexity index is 2900. The number of ether oxygens (including phenoxy) is 6. The van der Waals surface area contributed by atoms with Gasteiger partial charge in [0, 0.05) is 102 Å². The molecule has 0 saturated heterocycles.